The predicted molar refractivity (Wildman–Crippen MR) is 84.8 cm³/mol. The largest absolute Gasteiger partial charge is 0.456 e. The number of para-hydroxylation sites is 1. The second kappa shape index (κ2) is 5.01. The molecule has 0 bridgehead atoms. The first-order chi connectivity index (χ1) is 9.15. The maximum Gasteiger partial charge on any atom is 0.135 e. The van der Waals surface area contributed by atoms with E-state index in [1.54, 1.807) is 0 Å². The standard InChI is InChI=1S/C17H17BrO/c1-11(2)9-15(18)12-7-8-17-14(10-12)13-5-3-4-6-16(13)19-17/h3-8,10-11,15H,9H2,1-2H3. The molecule has 0 amide bonds. The van der Waals surface area contributed by atoms with Crippen molar-refractivity contribution in [2.45, 2.75) is 25.1 Å². The molecule has 0 N–H and O–H groups in total. The first-order valence-corrected chi connectivity index (χ1v) is 7.62. The summed E-state index contributed by atoms with van der Waals surface area (Å²) in [6.45, 7) is 4.50. The maximum absolute atomic E-state index is 5.85. The van der Waals surface area contributed by atoms with Crippen molar-refractivity contribution in [3.8, 4) is 0 Å². The Morgan fingerprint density at radius 1 is 1.00 bits per heavy atom. The van der Waals surface area contributed by atoms with E-state index in [-0.39, 0.29) is 0 Å². The number of fused-ring (bicyclic) bond motifs is 3. The van der Waals surface area contributed by atoms with Crippen molar-refractivity contribution in [3.05, 3.63) is 48.0 Å². The molecule has 1 atom stereocenters. The van der Waals surface area contributed by atoms with Gasteiger partial charge in [-0.05, 0) is 36.1 Å². The average Bonchev–Trinajstić information content (AvgIpc) is 2.75. The van der Waals surface area contributed by atoms with E-state index >= 15 is 0 Å². The van der Waals surface area contributed by atoms with Crippen LogP contribution < -0.4 is 0 Å². The normalized spacial score (nSPS) is 13.5. The smallest absolute Gasteiger partial charge is 0.135 e. The van der Waals surface area contributed by atoms with Gasteiger partial charge in [0.25, 0.3) is 0 Å². The molecule has 2 aromatic carbocycles. The topological polar surface area (TPSA) is 13.1 Å². The molecular weight excluding hydrogens is 300 g/mol. The van der Waals surface area contributed by atoms with E-state index in [1.807, 2.05) is 12.1 Å². The number of alkyl halides is 1. The van der Waals surface area contributed by atoms with Crippen LogP contribution in [0, 0.1) is 5.92 Å². The van der Waals surface area contributed by atoms with Crippen molar-refractivity contribution in [3.63, 3.8) is 0 Å². The lowest BCUT2D eigenvalue weighted by Gasteiger charge is -2.12. The molecule has 0 aliphatic heterocycles. The second-order valence-electron chi connectivity index (χ2n) is 5.45. The zero-order chi connectivity index (χ0) is 13.4. The molecule has 3 rings (SSSR count). The number of furan rings is 1. The molecule has 2 heteroatoms. The van der Waals surface area contributed by atoms with Gasteiger partial charge in [-0.15, -0.1) is 0 Å². The molecule has 1 aromatic heterocycles. The highest BCUT2D eigenvalue weighted by molar-refractivity contribution is 9.09. The second-order valence-corrected chi connectivity index (χ2v) is 6.56. The van der Waals surface area contributed by atoms with Crippen LogP contribution in [0.3, 0.4) is 0 Å². The summed E-state index contributed by atoms with van der Waals surface area (Å²) in [5, 5.41) is 2.41. The summed E-state index contributed by atoms with van der Waals surface area (Å²) in [5.74, 6) is 0.682. The third-order valence-electron chi connectivity index (χ3n) is 3.44. The molecule has 0 saturated heterocycles. The summed E-state index contributed by atoms with van der Waals surface area (Å²) >= 11 is 3.79. The minimum absolute atomic E-state index is 0.408. The Morgan fingerprint density at radius 3 is 2.53 bits per heavy atom. The highest BCUT2D eigenvalue weighted by atomic mass is 79.9. The molecule has 0 aliphatic rings. The van der Waals surface area contributed by atoms with Crippen LogP contribution in [0.25, 0.3) is 21.9 Å². The van der Waals surface area contributed by atoms with Gasteiger partial charge >= 0.3 is 0 Å². The third kappa shape index (κ3) is 2.42. The maximum atomic E-state index is 5.85. The van der Waals surface area contributed by atoms with E-state index < -0.39 is 0 Å². The van der Waals surface area contributed by atoms with Crippen LogP contribution in [0.4, 0.5) is 0 Å². The molecule has 1 unspecified atom stereocenters. The van der Waals surface area contributed by atoms with Crippen molar-refractivity contribution in [2.24, 2.45) is 5.92 Å². The summed E-state index contributed by atoms with van der Waals surface area (Å²) in [6.07, 6.45) is 1.14. The first-order valence-electron chi connectivity index (χ1n) is 6.70. The fourth-order valence-electron chi connectivity index (χ4n) is 2.49. The predicted octanol–water partition coefficient (Wildman–Crippen LogP) is 6.07. The van der Waals surface area contributed by atoms with Crippen LogP contribution >= 0.6 is 15.9 Å². The molecule has 0 radical (unpaired) electrons. The number of benzene rings is 2. The van der Waals surface area contributed by atoms with E-state index in [0.717, 1.165) is 17.6 Å². The first kappa shape index (κ1) is 12.7. The zero-order valence-corrected chi connectivity index (χ0v) is 12.8. The molecule has 19 heavy (non-hydrogen) atoms. The highest BCUT2D eigenvalue weighted by Gasteiger charge is 2.12. The lowest BCUT2D eigenvalue weighted by molar-refractivity contribution is 0.584. The van der Waals surface area contributed by atoms with Gasteiger partial charge < -0.3 is 4.42 Å². The highest BCUT2D eigenvalue weighted by Crippen LogP contribution is 2.35. The molecule has 0 aliphatic carbocycles. The lowest BCUT2D eigenvalue weighted by Crippen LogP contribution is -1.95. The number of rotatable bonds is 3. The molecule has 1 heterocycles. The fraction of sp³-hybridized carbons (Fsp3) is 0.294. The summed E-state index contributed by atoms with van der Waals surface area (Å²) in [7, 11) is 0. The van der Waals surface area contributed by atoms with Crippen LogP contribution in [-0.4, -0.2) is 0 Å². The van der Waals surface area contributed by atoms with Crippen molar-refractivity contribution < 1.29 is 4.42 Å². The van der Waals surface area contributed by atoms with Gasteiger partial charge in [-0.1, -0.05) is 54.0 Å². The van der Waals surface area contributed by atoms with E-state index in [4.69, 9.17) is 4.42 Å². The molecule has 98 valence electrons. The summed E-state index contributed by atoms with van der Waals surface area (Å²) in [6, 6.07) is 14.7. The van der Waals surface area contributed by atoms with E-state index in [1.165, 1.54) is 16.3 Å². The Balaban J connectivity index is 2.11. The third-order valence-corrected chi connectivity index (χ3v) is 4.34. The van der Waals surface area contributed by atoms with Crippen LogP contribution in [0.5, 0.6) is 0 Å². The van der Waals surface area contributed by atoms with Gasteiger partial charge in [0, 0.05) is 15.6 Å². The van der Waals surface area contributed by atoms with Crippen molar-refractivity contribution >= 4 is 37.9 Å². The monoisotopic (exact) mass is 316 g/mol. The Morgan fingerprint density at radius 2 is 1.74 bits per heavy atom. The van der Waals surface area contributed by atoms with Crippen molar-refractivity contribution in [2.75, 3.05) is 0 Å². The van der Waals surface area contributed by atoms with Crippen LogP contribution in [-0.2, 0) is 0 Å². The number of halogens is 1. The fourth-order valence-corrected chi connectivity index (χ4v) is 3.52. The van der Waals surface area contributed by atoms with Crippen molar-refractivity contribution in [1.29, 1.82) is 0 Å². The minimum Gasteiger partial charge on any atom is -0.456 e. The lowest BCUT2D eigenvalue weighted by atomic mass is 10.0. The summed E-state index contributed by atoms with van der Waals surface area (Å²) in [5.41, 5.74) is 3.26. The van der Waals surface area contributed by atoms with Gasteiger partial charge in [-0.3, -0.25) is 0 Å². The number of hydrogen-bond donors (Lipinski definition) is 0. The molecule has 3 aromatic rings. The SMILES string of the molecule is CC(C)CC(Br)c1ccc2oc3ccccc3c2c1. The van der Waals surface area contributed by atoms with Crippen molar-refractivity contribution in [1.82, 2.24) is 0 Å². The molecule has 0 saturated carbocycles. The molecule has 0 fully saturated rings. The van der Waals surface area contributed by atoms with Crippen LogP contribution in [0.2, 0.25) is 0 Å². The van der Waals surface area contributed by atoms with E-state index in [2.05, 4.69) is 60.1 Å². The summed E-state index contributed by atoms with van der Waals surface area (Å²) < 4.78 is 5.85. The Hall–Kier alpha value is -1.28. The van der Waals surface area contributed by atoms with Gasteiger partial charge in [-0.2, -0.15) is 0 Å². The Labute approximate surface area is 121 Å². The number of hydrogen-bond acceptors (Lipinski definition) is 1. The Kier molecular flexibility index (Phi) is 3.36. The average molecular weight is 317 g/mol. The van der Waals surface area contributed by atoms with Gasteiger partial charge in [0.2, 0.25) is 0 Å². The van der Waals surface area contributed by atoms with Crippen LogP contribution in [0.1, 0.15) is 30.7 Å². The molecular formula is C17H17BrO. The summed E-state index contributed by atoms with van der Waals surface area (Å²) in [4.78, 5) is 0.408. The zero-order valence-electron chi connectivity index (χ0n) is 11.2. The van der Waals surface area contributed by atoms with E-state index in [0.29, 0.717) is 10.7 Å². The molecule has 1 nitrogen and oxygen atoms in total. The Bertz CT molecular complexity index is 711. The van der Waals surface area contributed by atoms with Gasteiger partial charge in [0.05, 0.1) is 0 Å². The van der Waals surface area contributed by atoms with Gasteiger partial charge in [0.15, 0.2) is 0 Å². The van der Waals surface area contributed by atoms with Gasteiger partial charge in [0.1, 0.15) is 11.2 Å². The van der Waals surface area contributed by atoms with Gasteiger partial charge in [-0.25, -0.2) is 0 Å². The quantitative estimate of drug-likeness (QED) is 0.534. The minimum atomic E-state index is 0.408. The van der Waals surface area contributed by atoms with E-state index in [9.17, 15) is 0 Å². The van der Waals surface area contributed by atoms with Crippen LogP contribution in [0.15, 0.2) is 46.9 Å². The molecule has 0 spiro atoms.